The highest BCUT2D eigenvalue weighted by Crippen LogP contribution is 2.51. The molecule has 4 heteroatoms. The van der Waals surface area contributed by atoms with E-state index in [1.807, 2.05) is 0 Å². The summed E-state index contributed by atoms with van der Waals surface area (Å²) in [5, 5.41) is 22.4. The number of nitrogens with zero attached hydrogens (tertiary/aromatic N) is 3. The monoisotopic (exact) mass is 1730 g/mol. The Morgan fingerprint density at radius 1 is 0.162 bits per heavy atom. The molecule has 0 aliphatic carbocycles. The van der Waals surface area contributed by atoms with Crippen LogP contribution in [0.5, 0.6) is 0 Å². The van der Waals surface area contributed by atoms with Crippen LogP contribution in [0.1, 0.15) is 0 Å². The predicted molar refractivity (Wildman–Crippen MR) is 578 cm³/mol. The molecule has 0 bridgehead atoms. The van der Waals surface area contributed by atoms with Crippen molar-refractivity contribution in [2.45, 2.75) is 0 Å². The van der Waals surface area contributed by atoms with Gasteiger partial charge in [-0.25, -0.2) is 0 Å². The van der Waals surface area contributed by atoms with E-state index in [4.69, 9.17) is 4.42 Å². The van der Waals surface area contributed by atoms with Crippen molar-refractivity contribution in [2.24, 2.45) is 0 Å². The first-order chi connectivity index (χ1) is 67.5. The van der Waals surface area contributed by atoms with Crippen LogP contribution < -0.4 is 4.90 Å². The maximum absolute atomic E-state index is 7.05. The molecule has 3 heterocycles. The van der Waals surface area contributed by atoms with Gasteiger partial charge in [-0.05, 0) is 251 Å². The van der Waals surface area contributed by atoms with Crippen LogP contribution in [0, 0.1) is 0 Å². The zero-order valence-corrected chi connectivity index (χ0v) is 74.5. The largest absolute Gasteiger partial charge is 0.453 e. The van der Waals surface area contributed by atoms with Gasteiger partial charge in [0, 0.05) is 60.6 Å². The van der Waals surface area contributed by atoms with Crippen molar-refractivity contribution in [1.82, 2.24) is 9.13 Å². The maximum atomic E-state index is 7.05. The van der Waals surface area contributed by atoms with Gasteiger partial charge in [0.25, 0.3) is 0 Å². The Balaban J connectivity index is 0.000000109. The molecule has 0 radical (unpaired) electrons. The number of anilines is 3. The lowest BCUT2D eigenvalue weighted by Gasteiger charge is -2.26. The van der Waals surface area contributed by atoms with Crippen molar-refractivity contribution < 1.29 is 4.42 Å². The molecule has 27 aromatic rings. The molecule has 0 N–H and O–H groups in total. The second-order valence-electron chi connectivity index (χ2n) is 35.2. The van der Waals surface area contributed by atoms with Crippen molar-refractivity contribution in [3.63, 3.8) is 0 Å². The van der Waals surface area contributed by atoms with Gasteiger partial charge in [-0.3, -0.25) is 0 Å². The minimum atomic E-state index is 0.861. The Hall–Kier alpha value is -18.0. The third kappa shape index (κ3) is 14.3. The third-order valence-corrected chi connectivity index (χ3v) is 27.4. The first-order valence-electron chi connectivity index (χ1n) is 46.7. The van der Waals surface area contributed by atoms with Gasteiger partial charge in [-0.15, -0.1) is 0 Å². The first-order valence-corrected chi connectivity index (χ1v) is 46.7. The molecule has 0 atom stereocenters. The minimum Gasteiger partial charge on any atom is -0.453 e. The minimum absolute atomic E-state index is 0.861. The molecule has 636 valence electrons. The average molecular weight is 1730 g/mol. The zero-order chi connectivity index (χ0) is 89.9. The van der Waals surface area contributed by atoms with Crippen molar-refractivity contribution in [1.29, 1.82) is 0 Å². The van der Waals surface area contributed by atoms with E-state index in [2.05, 4.69) is 542 Å². The Morgan fingerprint density at radius 3 is 1.05 bits per heavy atom. The summed E-state index contributed by atoms with van der Waals surface area (Å²) in [7, 11) is 0. The molecular weight excluding hydrogens is 1640 g/mol. The van der Waals surface area contributed by atoms with E-state index in [1.165, 1.54) is 198 Å². The maximum Gasteiger partial charge on any atom is 0.159 e. The van der Waals surface area contributed by atoms with Gasteiger partial charge in [-0.1, -0.05) is 425 Å². The van der Waals surface area contributed by atoms with Crippen LogP contribution >= 0.6 is 0 Å². The quantitative estimate of drug-likeness (QED) is 0.108. The summed E-state index contributed by atoms with van der Waals surface area (Å²) in [5.41, 5.74) is 31.6. The van der Waals surface area contributed by atoms with Gasteiger partial charge in [0.15, 0.2) is 5.58 Å². The van der Waals surface area contributed by atoms with E-state index >= 15 is 0 Å². The van der Waals surface area contributed by atoms with Gasteiger partial charge in [0.2, 0.25) is 0 Å². The molecule has 0 amide bonds. The summed E-state index contributed by atoms with van der Waals surface area (Å²) < 4.78 is 11.8. The molecule has 3 aromatic heterocycles. The Kier molecular flexibility index (Phi) is 20.3. The summed E-state index contributed by atoms with van der Waals surface area (Å²) in [6, 6.07) is 190. The van der Waals surface area contributed by atoms with Crippen LogP contribution in [0.2, 0.25) is 0 Å². The molecule has 0 aliphatic rings. The van der Waals surface area contributed by atoms with Crippen LogP contribution in [-0.2, 0) is 0 Å². The number of benzene rings is 24. The summed E-state index contributed by atoms with van der Waals surface area (Å²) in [5.74, 6) is 0. The van der Waals surface area contributed by atoms with Crippen LogP contribution in [0.4, 0.5) is 17.1 Å². The van der Waals surface area contributed by atoms with Crippen LogP contribution in [0.25, 0.3) is 231 Å². The number of aromatic nitrogens is 2. The average Bonchev–Trinajstić information content (AvgIpc) is 1.43. The number of rotatable bonds is 13. The number of para-hydroxylation sites is 5. The second-order valence-corrected chi connectivity index (χ2v) is 35.2. The highest BCUT2D eigenvalue weighted by Gasteiger charge is 2.26. The van der Waals surface area contributed by atoms with E-state index in [0.29, 0.717) is 0 Å². The Labute approximate surface area is 788 Å². The Bertz CT molecular complexity index is 8900. The summed E-state index contributed by atoms with van der Waals surface area (Å²) in [6.45, 7) is 0. The van der Waals surface area contributed by atoms with Crippen LogP contribution in [-0.4, -0.2) is 9.13 Å². The molecule has 4 nitrogen and oxygen atoms in total. The van der Waals surface area contributed by atoms with Crippen molar-refractivity contribution >= 4 is 147 Å². The number of furan rings is 1. The third-order valence-electron chi connectivity index (χ3n) is 27.4. The fourth-order valence-corrected chi connectivity index (χ4v) is 21.1. The molecule has 0 spiro atoms. The van der Waals surface area contributed by atoms with Gasteiger partial charge in [-0.2, -0.15) is 0 Å². The normalized spacial score (nSPS) is 11.5. The summed E-state index contributed by atoms with van der Waals surface area (Å²) in [4.78, 5) is 2.32. The van der Waals surface area contributed by atoms with E-state index in [1.54, 1.807) is 0 Å². The van der Waals surface area contributed by atoms with Crippen LogP contribution in [0.15, 0.2) is 532 Å². The van der Waals surface area contributed by atoms with E-state index in [-0.39, 0.29) is 0 Å². The van der Waals surface area contributed by atoms with Crippen molar-refractivity contribution in [3.05, 3.63) is 528 Å². The lowest BCUT2D eigenvalue weighted by molar-refractivity contribution is 0.670. The van der Waals surface area contributed by atoms with Gasteiger partial charge in [0.05, 0.1) is 27.8 Å². The zero-order valence-electron chi connectivity index (χ0n) is 74.5. The molecule has 0 aliphatic heterocycles. The van der Waals surface area contributed by atoms with E-state index < -0.39 is 0 Å². The Morgan fingerprint density at radius 2 is 0.522 bits per heavy atom. The number of fused-ring (bicyclic) bond motifs is 16. The molecule has 0 saturated carbocycles. The fourth-order valence-electron chi connectivity index (χ4n) is 21.1. The smallest absolute Gasteiger partial charge is 0.159 e. The molecule has 0 unspecified atom stereocenters. The topological polar surface area (TPSA) is 26.2 Å². The number of hydrogen-bond donors (Lipinski definition) is 0. The standard InChI is InChI=1S/C46H30N2.C46H31NO.C40H26/c1-3-13-33(14-4-1)47-43-21-11-9-19-39(43)41-29-31(23-27-45(41)47)35-25-26-36(38-18-8-7-17-37(35)38)32-24-28-46-42(30-32)40-20-10-12-22-44(40)48(46)34-15-5-2-6-16-34;1-4-13-32(14-5-1)34-23-27-38(28-24-34)47(39-29-25-35(26-30-39)33-15-6-2-7-16-33)43-22-12-21-41-44-40-20-11-10-19-37(40)31-42(46(44)48-45(41)43)36-17-8-3-9-18-36;1-2-12-31-26-32(25-22-27(31)10-1)28-20-23-30(24-21-28)39-35-15-5-7-17-37(35)40(38-18-8-6-16-36(38)39)34-19-9-13-29-11-3-4-14-33(29)34/h1-30H;1-31H;1-26H. The summed E-state index contributed by atoms with van der Waals surface area (Å²) >= 11 is 0. The van der Waals surface area contributed by atoms with Crippen LogP contribution in [0.3, 0.4) is 0 Å². The highest BCUT2D eigenvalue weighted by atomic mass is 16.3. The lowest BCUT2D eigenvalue weighted by atomic mass is 9.84. The molecule has 27 rings (SSSR count). The van der Waals surface area contributed by atoms with Gasteiger partial charge in [0.1, 0.15) is 5.58 Å². The first kappa shape index (κ1) is 80.1. The fraction of sp³-hybridized carbons (Fsp3) is 0. The highest BCUT2D eigenvalue weighted by molar-refractivity contribution is 6.26. The predicted octanol–water partition coefficient (Wildman–Crippen LogP) is 36.9. The molecule has 24 aromatic carbocycles. The van der Waals surface area contributed by atoms with E-state index in [9.17, 15) is 0 Å². The molecule has 136 heavy (non-hydrogen) atoms. The van der Waals surface area contributed by atoms with Crippen molar-refractivity contribution in [3.8, 4) is 100 Å². The van der Waals surface area contributed by atoms with E-state index in [0.717, 1.165) is 50.1 Å². The molecular formula is C132H87N3O. The van der Waals surface area contributed by atoms with Gasteiger partial charge >= 0.3 is 0 Å². The lowest BCUT2D eigenvalue weighted by Crippen LogP contribution is -2.10. The van der Waals surface area contributed by atoms with Gasteiger partial charge < -0.3 is 18.5 Å². The SMILES string of the molecule is c1ccc(-c2ccc(N(c3ccc(-c4ccccc4)cc3)c3cccc4c3oc3c(-c5ccccc5)cc5ccccc5c34)cc2)cc1.c1ccc(-n2c3ccccc3c3cc(-c4ccc(-c5ccc6c(c5)c5ccccc5n6-c5ccccc5)c5ccccc45)ccc32)cc1.c1ccc2cc(-c3ccc(-c4c5ccccc5c(-c5cccc6ccccc56)c5ccccc45)cc3)ccc2c1. The molecule has 0 fully saturated rings. The second kappa shape index (κ2) is 34.4. The molecule has 0 saturated heterocycles. The number of hydrogen-bond acceptors (Lipinski definition) is 2. The summed E-state index contributed by atoms with van der Waals surface area (Å²) in [6.07, 6.45) is 0. The van der Waals surface area contributed by atoms with Crippen molar-refractivity contribution in [2.75, 3.05) is 4.90 Å².